The van der Waals surface area contributed by atoms with Gasteiger partial charge >= 0.3 is 0 Å². The highest BCUT2D eigenvalue weighted by atomic mass is 127. The standard InChI is InChI=1S/C8H15N5S2.HI/c1-3-4-10-7(9)11-5-6-12-13-8(14-2)15-6;/h3-5H2,1-2H3,(H3,9,10,11);1H. The Hall–Kier alpha value is -0.0900. The SMILES string of the molecule is CCCNC(N)=NCc1nnc(SC)s1.I. The monoisotopic (exact) mass is 373 g/mol. The van der Waals surface area contributed by atoms with Crippen LogP contribution in [-0.4, -0.2) is 29.0 Å². The van der Waals surface area contributed by atoms with Crippen molar-refractivity contribution < 1.29 is 0 Å². The third-order valence-electron chi connectivity index (χ3n) is 1.56. The molecule has 1 rings (SSSR count). The number of nitrogens with zero attached hydrogens (tertiary/aromatic N) is 3. The van der Waals surface area contributed by atoms with Crippen LogP contribution in [0.4, 0.5) is 0 Å². The summed E-state index contributed by atoms with van der Waals surface area (Å²) in [5.74, 6) is 0.470. The van der Waals surface area contributed by atoms with E-state index in [9.17, 15) is 0 Å². The Morgan fingerprint density at radius 3 is 2.88 bits per heavy atom. The Kier molecular flexibility index (Phi) is 8.94. The maximum Gasteiger partial charge on any atom is 0.189 e. The Balaban J connectivity index is 0.00000225. The molecule has 0 radical (unpaired) electrons. The summed E-state index contributed by atoms with van der Waals surface area (Å²) < 4.78 is 0.959. The van der Waals surface area contributed by atoms with E-state index in [0.717, 1.165) is 22.3 Å². The van der Waals surface area contributed by atoms with Crippen LogP contribution in [0.2, 0.25) is 0 Å². The van der Waals surface area contributed by atoms with Crippen molar-refractivity contribution in [3.8, 4) is 0 Å². The van der Waals surface area contributed by atoms with E-state index in [1.165, 1.54) is 0 Å². The summed E-state index contributed by atoms with van der Waals surface area (Å²) in [5.41, 5.74) is 5.64. The predicted octanol–water partition coefficient (Wildman–Crippen LogP) is 1.69. The predicted molar refractivity (Wildman–Crippen MR) is 80.7 cm³/mol. The van der Waals surface area contributed by atoms with Gasteiger partial charge in [0.25, 0.3) is 0 Å². The Morgan fingerprint density at radius 2 is 2.31 bits per heavy atom. The summed E-state index contributed by atoms with van der Waals surface area (Å²) in [6.45, 7) is 3.43. The topological polar surface area (TPSA) is 76.2 Å². The van der Waals surface area contributed by atoms with Gasteiger partial charge in [-0.3, -0.25) is 0 Å². The number of halogens is 1. The molecule has 1 aromatic heterocycles. The molecule has 0 fully saturated rings. The fourth-order valence-electron chi connectivity index (χ4n) is 0.846. The van der Waals surface area contributed by atoms with Crippen molar-refractivity contribution in [2.24, 2.45) is 10.7 Å². The molecule has 16 heavy (non-hydrogen) atoms. The van der Waals surface area contributed by atoms with Crippen LogP contribution in [0.25, 0.3) is 0 Å². The number of hydrogen-bond acceptors (Lipinski definition) is 5. The van der Waals surface area contributed by atoms with Crippen LogP contribution in [0.1, 0.15) is 18.4 Å². The molecule has 0 unspecified atom stereocenters. The van der Waals surface area contributed by atoms with Gasteiger partial charge in [-0.15, -0.1) is 34.2 Å². The van der Waals surface area contributed by atoms with Crippen molar-refractivity contribution in [1.82, 2.24) is 15.5 Å². The molecule has 0 aromatic carbocycles. The molecule has 1 heterocycles. The lowest BCUT2D eigenvalue weighted by atomic mass is 10.5. The number of aromatic nitrogens is 2. The van der Waals surface area contributed by atoms with E-state index in [1.54, 1.807) is 23.1 Å². The fraction of sp³-hybridized carbons (Fsp3) is 0.625. The van der Waals surface area contributed by atoms with Crippen LogP contribution >= 0.6 is 47.1 Å². The van der Waals surface area contributed by atoms with E-state index < -0.39 is 0 Å². The highest BCUT2D eigenvalue weighted by Crippen LogP contribution is 2.19. The van der Waals surface area contributed by atoms with Crippen molar-refractivity contribution in [3.63, 3.8) is 0 Å². The minimum absolute atomic E-state index is 0. The maximum absolute atomic E-state index is 5.64. The Bertz CT molecular complexity index is 328. The highest BCUT2D eigenvalue weighted by Gasteiger charge is 2.01. The maximum atomic E-state index is 5.64. The van der Waals surface area contributed by atoms with Gasteiger partial charge in [-0.2, -0.15) is 0 Å². The van der Waals surface area contributed by atoms with Crippen LogP contribution in [0.15, 0.2) is 9.33 Å². The molecule has 5 nitrogen and oxygen atoms in total. The molecule has 0 spiro atoms. The zero-order valence-corrected chi connectivity index (χ0v) is 13.2. The Morgan fingerprint density at radius 1 is 1.56 bits per heavy atom. The number of nitrogens with one attached hydrogen (secondary N) is 1. The molecule has 3 N–H and O–H groups in total. The van der Waals surface area contributed by atoms with Crippen molar-refractivity contribution in [3.05, 3.63) is 5.01 Å². The van der Waals surface area contributed by atoms with Gasteiger partial charge in [0.05, 0.1) is 6.54 Å². The van der Waals surface area contributed by atoms with Gasteiger partial charge in [0, 0.05) is 6.54 Å². The summed E-state index contributed by atoms with van der Waals surface area (Å²) in [4.78, 5) is 4.16. The van der Waals surface area contributed by atoms with Crippen molar-refractivity contribution in [2.75, 3.05) is 12.8 Å². The molecular weight excluding hydrogens is 357 g/mol. The van der Waals surface area contributed by atoms with E-state index in [2.05, 4.69) is 27.4 Å². The van der Waals surface area contributed by atoms with Gasteiger partial charge in [0.1, 0.15) is 5.01 Å². The van der Waals surface area contributed by atoms with Gasteiger partial charge in [0.15, 0.2) is 10.3 Å². The molecule has 1 aromatic rings. The molecule has 0 saturated carbocycles. The van der Waals surface area contributed by atoms with Crippen LogP contribution in [0.3, 0.4) is 0 Å². The number of guanidine groups is 1. The lowest BCUT2D eigenvalue weighted by Crippen LogP contribution is -2.32. The molecule has 0 aliphatic rings. The van der Waals surface area contributed by atoms with Crippen molar-refractivity contribution in [2.45, 2.75) is 24.2 Å². The number of hydrogen-bond donors (Lipinski definition) is 2. The lowest BCUT2D eigenvalue weighted by Gasteiger charge is -2.01. The minimum Gasteiger partial charge on any atom is -0.370 e. The second kappa shape index (κ2) is 8.99. The first kappa shape index (κ1) is 15.9. The van der Waals surface area contributed by atoms with E-state index >= 15 is 0 Å². The zero-order chi connectivity index (χ0) is 11.1. The molecule has 0 atom stereocenters. The van der Waals surface area contributed by atoms with Gasteiger partial charge in [-0.1, -0.05) is 30.0 Å². The molecule has 92 valence electrons. The van der Waals surface area contributed by atoms with Crippen molar-refractivity contribution in [1.29, 1.82) is 0 Å². The van der Waals surface area contributed by atoms with Crippen LogP contribution < -0.4 is 11.1 Å². The lowest BCUT2D eigenvalue weighted by molar-refractivity contribution is 0.822. The molecular formula is C8H16IN5S2. The average Bonchev–Trinajstić information content (AvgIpc) is 2.71. The molecule has 0 aliphatic carbocycles. The number of nitrogens with two attached hydrogens (primary N) is 1. The second-order valence-electron chi connectivity index (χ2n) is 2.79. The van der Waals surface area contributed by atoms with Crippen LogP contribution in [0, 0.1) is 0 Å². The Labute approximate surface area is 121 Å². The van der Waals surface area contributed by atoms with E-state index in [1.807, 2.05) is 6.26 Å². The van der Waals surface area contributed by atoms with E-state index in [-0.39, 0.29) is 24.0 Å². The van der Waals surface area contributed by atoms with Gasteiger partial charge in [-0.05, 0) is 12.7 Å². The second-order valence-corrected chi connectivity index (χ2v) is 4.91. The summed E-state index contributed by atoms with van der Waals surface area (Å²) in [6.07, 6.45) is 3.01. The van der Waals surface area contributed by atoms with Gasteiger partial charge < -0.3 is 11.1 Å². The molecule has 0 saturated heterocycles. The summed E-state index contributed by atoms with van der Waals surface area (Å²) in [5, 5.41) is 11.9. The first-order valence-corrected chi connectivity index (χ1v) is 6.70. The fourth-order valence-corrected chi connectivity index (χ4v) is 2.08. The van der Waals surface area contributed by atoms with Crippen LogP contribution in [0.5, 0.6) is 0 Å². The third kappa shape index (κ3) is 5.85. The van der Waals surface area contributed by atoms with Gasteiger partial charge in [0.2, 0.25) is 0 Å². The molecule has 0 bridgehead atoms. The average molecular weight is 373 g/mol. The quantitative estimate of drug-likeness (QED) is 0.356. The van der Waals surface area contributed by atoms with E-state index in [4.69, 9.17) is 5.73 Å². The third-order valence-corrected chi connectivity index (χ3v) is 3.45. The smallest absolute Gasteiger partial charge is 0.189 e. The summed E-state index contributed by atoms with van der Waals surface area (Å²) >= 11 is 3.14. The number of thioether (sulfide) groups is 1. The molecule has 0 amide bonds. The first-order chi connectivity index (χ1) is 7.26. The normalized spacial score (nSPS) is 11.0. The molecule has 8 heteroatoms. The number of rotatable bonds is 5. The van der Waals surface area contributed by atoms with Crippen molar-refractivity contribution >= 4 is 53.0 Å². The zero-order valence-electron chi connectivity index (χ0n) is 9.27. The van der Waals surface area contributed by atoms with Gasteiger partial charge in [-0.25, -0.2) is 4.99 Å². The minimum atomic E-state index is 0. The largest absolute Gasteiger partial charge is 0.370 e. The van der Waals surface area contributed by atoms with E-state index in [0.29, 0.717) is 12.5 Å². The summed E-state index contributed by atoms with van der Waals surface area (Å²) in [7, 11) is 0. The molecule has 0 aliphatic heterocycles. The first-order valence-electron chi connectivity index (χ1n) is 4.66. The highest BCUT2D eigenvalue weighted by molar-refractivity contribution is 14.0. The summed E-state index contributed by atoms with van der Waals surface area (Å²) in [6, 6.07) is 0. The number of aliphatic imine (C=N–C) groups is 1. The van der Waals surface area contributed by atoms with Crippen LogP contribution in [-0.2, 0) is 6.54 Å².